The second kappa shape index (κ2) is 7.93. The minimum absolute atomic E-state index is 0.103. The molecule has 6 nitrogen and oxygen atoms in total. The number of nitrogens with zero attached hydrogens (tertiary/aromatic N) is 3. The summed E-state index contributed by atoms with van der Waals surface area (Å²) in [5.74, 6) is 2.16. The molecule has 0 aromatic carbocycles. The summed E-state index contributed by atoms with van der Waals surface area (Å²) in [5.41, 5.74) is 0.457. The lowest BCUT2D eigenvalue weighted by atomic mass is 10.2. The fourth-order valence-corrected chi connectivity index (χ4v) is 3.05. The SMILES string of the molecule is C#CCNC(=O)C(C)N1CCN(C(=O)c2cc(Cl)c(Cl)n2C)CC1. The Kier molecular flexibility index (Phi) is 6.16. The lowest BCUT2D eigenvalue weighted by molar-refractivity contribution is -0.126. The molecule has 1 aromatic rings. The van der Waals surface area contributed by atoms with Crippen LogP contribution in [-0.2, 0) is 11.8 Å². The highest BCUT2D eigenvalue weighted by atomic mass is 35.5. The smallest absolute Gasteiger partial charge is 0.270 e. The molecule has 1 aliphatic heterocycles. The van der Waals surface area contributed by atoms with Crippen LogP contribution in [0.4, 0.5) is 0 Å². The maximum atomic E-state index is 12.6. The predicted octanol–water partition coefficient (Wildman–Crippen LogP) is 1.23. The van der Waals surface area contributed by atoms with Gasteiger partial charge in [-0.15, -0.1) is 6.42 Å². The van der Waals surface area contributed by atoms with Gasteiger partial charge in [0.05, 0.1) is 17.6 Å². The van der Waals surface area contributed by atoms with E-state index in [0.29, 0.717) is 42.0 Å². The second-order valence-electron chi connectivity index (χ2n) is 5.65. The van der Waals surface area contributed by atoms with Gasteiger partial charge in [-0.05, 0) is 13.0 Å². The van der Waals surface area contributed by atoms with Crippen molar-refractivity contribution in [2.24, 2.45) is 7.05 Å². The van der Waals surface area contributed by atoms with E-state index < -0.39 is 0 Å². The minimum atomic E-state index is -0.283. The zero-order valence-electron chi connectivity index (χ0n) is 13.7. The number of aromatic nitrogens is 1. The molecule has 1 atom stereocenters. The van der Waals surface area contributed by atoms with Crippen LogP contribution in [0.25, 0.3) is 0 Å². The van der Waals surface area contributed by atoms with Crippen LogP contribution < -0.4 is 5.32 Å². The van der Waals surface area contributed by atoms with Crippen molar-refractivity contribution in [3.8, 4) is 12.3 Å². The van der Waals surface area contributed by atoms with Gasteiger partial charge in [0.15, 0.2) is 0 Å². The van der Waals surface area contributed by atoms with Gasteiger partial charge in [-0.25, -0.2) is 0 Å². The summed E-state index contributed by atoms with van der Waals surface area (Å²) >= 11 is 12.0. The van der Waals surface area contributed by atoms with Crippen LogP contribution in [0.15, 0.2) is 6.07 Å². The van der Waals surface area contributed by atoms with E-state index in [1.807, 2.05) is 11.8 Å². The maximum absolute atomic E-state index is 12.6. The molecular weight excluding hydrogens is 351 g/mol. The highest BCUT2D eigenvalue weighted by Gasteiger charge is 2.29. The van der Waals surface area contributed by atoms with E-state index in [0.717, 1.165) is 0 Å². The minimum Gasteiger partial charge on any atom is -0.344 e. The van der Waals surface area contributed by atoms with E-state index in [1.54, 1.807) is 22.6 Å². The highest BCUT2D eigenvalue weighted by molar-refractivity contribution is 6.41. The van der Waals surface area contributed by atoms with Gasteiger partial charge in [0, 0.05) is 33.2 Å². The standard InChI is InChI=1S/C16H20Cl2N4O2/c1-4-5-19-15(23)11(2)21-6-8-22(9-7-21)16(24)13-10-12(17)14(18)20(13)3/h1,10-11H,5-9H2,2-3H3,(H,19,23). The Morgan fingerprint density at radius 2 is 1.96 bits per heavy atom. The molecule has 0 radical (unpaired) electrons. The van der Waals surface area contributed by atoms with Gasteiger partial charge in [-0.3, -0.25) is 14.5 Å². The lowest BCUT2D eigenvalue weighted by Gasteiger charge is -2.37. The molecule has 0 spiro atoms. The predicted molar refractivity (Wildman–Crippen MR) is 94.2 cm³/mol. The Morgan fingerprint density at radius 1 is 1.33 bits per heavy atom. The van der Waals surface area contributed by atoms with Gasteiger partial charge >= 0.3 is 0 Å². The summed E-state index contributed by atoms with van der Waals surface area (Å²) in [6, 6.07) is 1.30. The molecule has 2 rings (SSSR count). The molecule has 2 heterocycles. The summed E-state index contributed by atoms with van der Waals surface area (Å²) in [6.45, 7) is 4.35. The highest BCUT2D eigenvalue weighted by Crippen LogP contribution is 2.26. The molecule has 1 fully saturated rings. The average Bonchev–Trinajstić information content (AvgIpc) is 2.86. The zero-order chi connectivity index (χ0) is 17.9. The first-order valence-electron chi connectivity index (χ1n) is 7.62. The van der Waals surface area contributed by atoms with E-state index in [9.17, 15) is 9.59 Å². The Bertz CT molecular complexity index is 672. The van der Waals surface area contributed by atoms with Crippen LogP contribution in [0.5, 0.6) is 0 Å². The molecule has 1 saturated heterocycles. The Labute approximate surface area is 151 Å². The number of piperazine rings is 1. The zero-order valence-corrected chi connectivity index (χ0v) is 15.2. The van der Waals surface area contributed by atoms with Gasteiger partial charge in [-0.1, -0.05) is 29.1 Å². The van der Waals surface area contributed by atoms with Crippen molar-refractivity contribution in [3.63, 3.8) is 0 Å². The first-order valence-corrected chi connectivity index (χ1v) is 8.37. The number of amides is 2. The van der Waals surface area contributed by atoms with Crippen LogP contribution in [0.1, 0.15) is 17.4 Å². The molecule has 1 unspecified atom stereocenters. The molecule has 1 aliphatic rings. The van der Waals surface area contributed by atoms with Gasteiger partial charge in [-0.2, -0.15) is 0 Å². The largest absolute Gasteiger partial charge is 0.344 e. The summed E-state index contributed by atoms with van der Waals surface area (Å²) in [4.78, 5) is 28.3. The molecule has 0 bridgehead atoms. The van der Waals surface area contributed by atoms with Crippen molar-refractivity contribution in [2.45, 2.75) is 13.0 Å². The van der Waals surface area contributed by atoms with E-state index in [2.05, 4.69) is 11.2 Å². The first kappa shape index (κ1) is 18.7. The first-order chi connectivity index (χ1) is 11.4. The van der Waals surface area contributed by atoms with Crippen molar-refractivity contribution in [3.05, 3.63) is 21.9 Å². The van der Waals surface area contributed by atoms with Crippen LogP contribution in [0.3, 0.4) is 0 Å². The number of carbonyl (C=O) groups is 2. The average molecular weight is 371 g/mol. The molecule has 0 saturated carbocycles. The Balaban J connectivity index is 1.95. The summed E-state index contributed by atoms with van der Waals surface area (Å²) in [5, 5.41) is 3.38. The monoisotopic (exact) mass is 370 g/mol. The van der Waals surface area contributed by atoms with Crippen molar-refractivity contribution in [1.29, 1.82) is 0 Å². The number of terminal acetylenes is 1. The van der Waals surface area contributed by atoms with Crippen molar-refractivity contribution >= 4 is 35.0 Å². The number of halogens is 2. The third-order valence-corrected chi connectivity index (χ3v) is 5.07. The van der Waals surface area contributed by atoms with Gasteiger partial charge in [0.25, 0.3) is 5.91 Å². The number of rotatable bonds is 4. The molecule has 130 valence electrons. The summed E-state index contributed by atoms with van der Waals surface area (Å²) in [7, 11) is 1.70. The second-order valence-corrected chi connectivity index (χ2v) is 6.42. The van der Waals surface area contributed by atoms with Crippen LogP contribution in [-0.4, -0.2) is 64.9 Å². The number of nitrogens with one attached hydrogen (secondary N) is 1. The molecule has 24 heavy (non-hydrogen) atoms. The molecule has 8 heteroatoms. The summed E-state index contributed by atoms with van der Waals surface area (Å²) < 4.78 is 1.58. The van der Waals surface area contributed by atoms with Crippen molar-refractivity contribution in [1.82, 2.24) is 19.7 Å². The fourth-order valence-electron chi connectivity index (χ4n) is 2.67. The topological polar surface area (TPSA) is 57.6 Å². The normalized spacial score (nSPS) is 16.5. The van der Waals surface area contributed by atoms with Crippen LogP contribution >= 0.6 is 23.2 Å². The third kappa shape index (κ3) is 3.86. The van der Waals surface area contributed by atoms with Crippen LogP contribution in [0.2, 0.25) is 10.2 Å². The lowest BCUT2D eigenvalue weighted by Crippen LogP contribution is -2.55. The number of hydrogen-bond acceptors (Lipinski definition) is 3. The third-order valence-electron chi connectivity index (χ3n) is 4.23. The Morgan fingerprint density at radius 3 is 2.46 bits per heavy atom. The van der Waals surface area contributed by atoms with Gasteiger partial charge in [0.2, 0.25) is 5.91 Å². The van der Waals surface area contributed by atoms with E-state index in [1.165, 1.54) is 0 Å². The van der Waals surface area contributed by atoms with E-state index >= 15 is 0 Å². The van der Waals surface area contributed by atoms with Crippen molar-refractivity contribution in [2.75, 3.05) is 32.7 Å². The maximum Gasteiger partial charge on any atom is 0.270 e. The number of carbonyl (C=O) groups excluding carboxylic acids is 2. The van der Waals surface area contributed by atoms with Gasteiger partial charge in [0.1, 0.15) is 10.8 Å². The quantitative estimate of drug-likeness (QED) is 0.810. The molecule has 1 aromatic heterocycles. The molecule has 2 amide bonds. The fraction of sp³-hybridized carbons (Fsp3) is 0.500. The van der Waals surface area contributed by atoms with Crippen LogP contribution in [0, 0.1) is 12.3 Å². The molecule has 0 aliphatic carbocycles. The number of hydrogen-bond donors (Lipinski definition) is 1. The molecule has 1 N–H and O–H groups in total. The summed E-state index contributed by atoms with van der Waals surface area (Å²) in [6.07, 6.45) is 5.14. The van der Waals surface area contributed by atoms with Crippen molar-refractivity contribution < 1.29 is 9.59 Å². The Hall–Kier alpha value is -1.68. The van der Waals surface area contributed by atoms with Gasteiger partial charge < -0.3 is 14.8 Å². The van der Waals surface area contributed by atoms with E-state index in [4.69, 9.17) is 29.6 Å². The van der Waals surface area contributed by atoms with E-state index in [-0.39, 0.29) is 24.4 Å². The molecular formula is C16H20Cl2N4O2.